The topological polar surface area (TPSA) is 90.7 Å². The van der Waals surface area contributed by atoms with E-state index in [9.17, 15) is 14.4 Å². The molecule has 0 fully saturated rings. The minimum Gasteiger partial charge on any atom is -0.493 e. The van der Waals surface area contributed by atoms with Gasteiger partial charge in [-0.15, -0.1) is 11.3 Å². The lowest BCUT2D eigenvalue weighted by atomic mass is 10.1. The summed E-state index contributed by atoms with van der Waals surface area (Å²) in [4.78, 5) is 44.8. The molecule has 0 N–H and O–H groups in total. The van der Waals surface area contributed by atoms with E-state index in [0.717, 1.165) is 11.1 Å². The molecule has 1 aliphatic heterocycles. The second kappa shape index (κ2) is 8.75. The van der Waals surface area contributed by atoms with E-state index in [1.807, 2.05) is 17.5 Å². The third-order valence-electron chi connectivity index (χ3n) is 5.91. The van der Waals surface area contributed by atoms with Crippen LogP contribution in [0.25, 0.3) is 21.3 Å². The number of aryl methyl sites for hydroxylation is 1. The molecule has 34 heavy (non-hydrogen) atoms. The van der Waals surface area contributed by atoms with Gasteiger partial charge in [0, 0.05) is 24.0 Å². The second-order valence-corrected chi connectivity index (χ2v) is 8.66. The Bertz CT molecular complexity index is 1450. The number of carbonyl (C=O) groups excluding carboxylic acids is 2. The molecule has 5 rings (SSSR count). The van der Waals surface area contributed by atoms with Crippen LogP contribution in [-0.4, -0.2) is 47.0 Å². The molecule has 0 saturated carbocycles. The van der Waals surface area contributed by atoms with Gasteiger partial charge in [-0.1, -0.05) is 18.2 Å². The number of carbonyl (C=O) groups is 2. The van der Waals surface area contributed by atoms with Crippen LogP contribution in [0.3, 0.4) is 0 Å². The summed E-state index contributed by atoms with van der Waals surface area (Å²) >= 11 is 1.40. The van der Waals surface area contributed by atoms with Gasteiger partial charge in [0.25, 0.3) is 17.4 Å². The normalized spacial score (nSPS) is 12.9. The molecule has 0 unspecified atom stereocenters. The molecular weight excluding hydrogens is 454 g/mol. The van der Waals surface area contributed by atoms with Crippen LogP contribution in [0.2, 0.25) is 0 Å². The van der Waals surface area contributed by atoms with Gasteiger partial charge < -0.3 is 9.47 Å². The van der Waals surface area contributed by atoms with E-state index in [4.69, 9.17) is 9.47 Å². The standard InChI is InChI=1S/C25H21N3O5S/c1-32-19-9-8-15(12-20(19)33-2)18-13-34-22-21(18)25(31)27(14-26-22)10-5-11-28-23(29)16-6-3-4-7-17(16)24(28)30/h3-4,6-9,12-14H,5,10-11H2,1-2H3. The highest BCUT2D eigenvalue weighted by Gasteiger charge is 2.34. The number of fused-ring (bicyclic) bond motifs is 2. The minimum atomic E-state index is -0.296. The Morgan fingerprint density at radius 2 is 1.59 bits per heavy atom. The van der Waals surface area contributed by atoms with Crippen molar-refractivity contribution < 1.29 is 19.1 Å². The number of thiophene rings is 1. The summed E-state index contributed by atoms with van der Waals surface area (Å²) in [7, 11) is 3.14. The number of hydrogen-bond donors (Lipinski definition) is 0. The fraction of sp³-hybridized carbons (Fsp3) is 0.200. The van der Waals surface area contributed by atoms with Gasteiger partial charge >= 0.3 is 0 Å². The Labute approximate surface area is 199 Å². The monoisotopic (exact) mass is 475 g/mol. The Hall–Kier alpha value is -3.98. The maximum absolute atomic E-state index is 13.3. The number of nitrogens with zero attached hydrogens (tertiary/aromatic N) is 3. The molecule has 0 spiro atoms. The zero-order chi connectivity index (χ0) is 23.8. The average Bonchev–Trinajstić information content (AvgIpc) is 3.40. The molecule has 2 aromatic carbocycles. The fourth-order valence-corrected chi connectivity index (χ4v) is 5.09. The number of methoxy groups -OCH3 is 2. The first-order valence-corrected chi connectivity index (χ1v) is 11.6. The summed E-state index contributed by atoms with van der Waals surface area (Å²) in [6, 6.07) is 12.3. The Morgan fingerprint density at radius 1 is 0.882 bits per heavy atom. The summed E-state index contributed by atoms with van der Waals surface area (Å²) in [5.41, 5.74) is 2.27. The zero-order valence-electron chi connectivity index (χ0n) is 18.6. The molecule has 0 radical (unpaired) electrons. The SMILES string of the molecule is COc1ccc(-c2csc3ncn(CCCN4C(=O)c5ccccc5C4=O)c(=O)c23)cc1OC. The van der Waals surface area contributed by atoms with Gasteiger partial charge in [-0.25, -0.2) is 4.98 Å². The number of ether oxygens (including phenoxy) is 2. The quantitative estimate of drug-likeness (QED) is 0.378. The van der Waals surface area contributed by atoms with E-state index in [1.54, 1.807) is 44.6 Å². The Kier molecular flexibility index (Phi) is 5.62. The van der Waals surface area contributed by atoms with E-state index in [1.165, 1.54) is 27.1 Å². The molecule has 2 aromatic heterocycles. The lowest BCUT2D eigenvalue weighted by Gasteiger charge is -2.14. The predicted molar refractivity (Wildman–Crippen MR) is 129 cm³/mol. The number of rotatable bonds is 7. The maximum Gasteiger partial charge on any atom is 0.262 e. The molecule has 0 aliphatic carbocycles. The maximum atomic E-state index is 13.3. The van der Waals surface area contributed by atoms with E-state index < -0.39 is 0 Å². The first-order chi connectivity index (χ1) is 16.5. The summed E-state index contributed by atoms with van der Waals surface area (Å²) in [6.07, 6.45) is 1.95. The van der Waals surface area contributed by atoms with Crippen molar-refractivity contribution >= 4 is 33.4 Å². The Balaban J connectivity index is 1.39. The van der Waals surface area contributed by atoms with Crippen molar-refractivity contribution in [3.05, 3.63) is 75.7 Å². The van der Waals surface area contributed by atoms with Crippen LogP contribution in [0.15, 0.2) is 59.0 Å². The second-order valence-electron chi connectivity index (χ2n) is 7.80. The van der Waals surface area contributed by atoms with Gasteiger partial charge in [-0.3, -0.25) is 23.9 Å². The van der Waals surface area contributed by atoms with Gasteiger partial charge in [0.2, 0.25) is 0 Å². The molecule has 0 atom stereocenters. The largest absolute Gasteiger partial charge is 0.493 e. The van der Waals surface area contributed by atoms with Crippen LogP contribution in [0, 0.1) is 0 Å². The summed E-state index contributed by atoms with van der Waals surface area (Å²) in [6.45, 7) is 0.555. The van der Waals surface area contributed by atoms with Crippen molar-refractivity contribution in [3.63, 3.8) is 0 Å². The van der Waals surface area contributed by atoms with Crippen LogP contribution < -0.4 is 15.0 Å². The molecule has 2 amide bonds. The number of amides is 2. The average molecular weight is 476 g/mol. The van der Waals surface area contributed by atoms with Crippen molar-refractivity contribution in [3.8, 4) is 22.6 Å². The zero-order valence-corrected chi connectivity index (χ0v) is 19.4. The van der Waals surface area contributed by atoms with E-state index in [0.29, 0.717) is 45.8 Å². The van der Waals surface area contributed by atoms with Crippen LogP contribution in [0.5, 0.6) is 11.5 Å². The molecule has 0 saturated heterocycles. The minimum absolute atomic E-state index is 0.168. The molecule has 1 aliphatic rings. The molecule has 4 aromatic rings. The highest BCUT2D eigenvalue weighted by atomic mass is 32.1. The lowest BCUT2D eigenvalue weighted by Crippen LogP contribution is -2.32. The van der Waals surface area contributed by atoms with E-state index >= 15 is 0 Å². The van der Waals surface area contributed by atoms with Crippen molar-refractivity contribution in [2.75, 3.05) is 20.8 Å². The van der Waals surface area contributed by atoms with Gasteiger partial charge in [0.05, 0.1) is 37.1 Å². The molecule has 3 heterocycles. The molecule has 172 valence electrons. The highest BCUT2D eigenvalue weighted by Crippen LogP contribution is 2.36. The fourth-order valence-electron chi connectivity index (χ4n) is 4.18. The molecule has 8 nitrogen and oxygen atoms in total. The summed E-state index contributed by atoms with van der Waals surface area (Å²) < 4.78 is 12.2. The summed E-state index contributed by atoms with van der Waals surface area (Å²) in [5, 5.41) is 2.43. The highest BCUT2D eigenvalue weighted by molar-refractivity contribution is 7.17. The number of aromatic nitrogens is 2. The smallest absolute Gasteiger partial charge is 0.262 e. The van der Waals surface area contributed by atoms with Crippen molar-refractivity contribution in [2.24, 2.45) is 0 Å². The third-order valence-corrected chi connectivity index (χ3v) is 6.80. The molecule has 9 heteroatoms. The molecule has 0 bridgehead atoms. The summed E-state index contributed by atoms with van der Waals surface area (Å²) in [5.74, 6) is 0.587. The first-order valence-electron chi connectivity index (χ1n) is 10.7. The van der Waals surface area contributed by atoms with Crippen LogP contribution >= 0.6 is 11.3 Å². The van der Waals surface area contributed by atoms with Gasteiger partial charge in [0.1, 0.15) is 4.83 Å². The first kappa shape index (κ1) is 21.8. The van der Waals surface area contributed by atoms with Crippen LogP contribution in [0.1, 0.15) is 27.1 Å². The third kappa shape index (κ3) is 3.54. The van der Waals surface area contributed by atoms with Gasteiger partial charge in [-0.05, 0) is 36.2 Å². The van der Waals surface area contributed by atoms with E-state index in [-0.39, 0.29) is 23.9 Å². The van der Waals surface area contributed by atoms with E-state index in [2.05, 4.69) is 4.98 Å². The number of imide groups is 1. The number of hydrogen-bond acceptors (Lipinski definition) is 7. The predicted octanol–water partition coefficient (Wildman–Crippen LogP) is 3.83. The van der Waals surface area contributed by atoms with Crippen molar-refractivity contribution in [1.82, 2.24) is 14.5 Å². The van der Waals surface area contributed by atoms with Crippen molar-refractivity contribution in [1.29, 1.82) is 0 Å². The van der Waals surface area contributed by atoms with Crippen LogP contribution in [-0.2, 0) is 6.54 Å². The molecular formula is C25H21N3O5S. The van der Waals surface area contributed by atoms with Crippen molar-refractivity contribution in [2.45, 2.75) is 13.0 Å². The van der Waals surface area contributed by atoms with Gasteiger partial charge in [0.15, 0.2) is 11.5 Å². The Morgan fingerprint density at radius 3 is 2.26 bits per heavy atom. The van der Waals surface area contributed by atoms with Crippen LogP contribution in [0.4, 0.5) is 0 Å². The van der Waals surface area contributed by atoms with Gasteiger partial charge in [-0.2, -0.15) is 0 Å². The number of benzene rings is 2. The lowest BCUT2D eigenvalue weighted by molar-refractivity contribution is 0.0650.